The van der Waals surface area contributed by atoms with Crippen LogP contribution in [0.1, 0.15) is 35.2 Å². The maximum absolute atomic E-state index is 11.3. The van der Waals surface area contributed by atoms with Crippen LogP contribution in [-0.4, -0.2) is 32.4 Å². The Morgan fingerprint density at radius 1 is 1.32 bits per heavy atom. The van der Waals surface area contributed by atoms with E-state index in [0.29, 0.717) is 18.8 Å². The van der Waals surface area contributed by atoms with E-state index in [-0.39, 0.29) is 12.1 Å². The van der Waals surface area contributed by atoms with E-state index >= 15 is 0 Å². The molecule has 1 aromatic rings. The standard InChI is InChI=1S/C15H20O4/c1-17-15(16)13-7-5-12(6-8-13)10-18-11-14-4-2-3-9-19-14/h5-8,14H,2-4,9-11H2,1H3. The summed E-state index contributed by atoms with van der Waals surface area (Å²) in [7, 11) is 1.38. The quantitative estimate of drug-likeness (QED) is 0.767. The maximum Gasteiger partial charge on any atom is 0.337 e. The summed E-state index contributed by atoms with van der Waals surface area (Å²) < 4.78 is 15.9. The Morgan fingerprint density at radius 2 is 2.11 bits per heavy atom. The molecule has 0 amide bonds. The minimum Gasteiger partial charge on any atom is -0.465 e. The van der Waals surface area contributed by atoms with E-state index in [2.05, 4.69) is 4.74 Å². The van der Waals surface area contributed by atoms with E-state index in [1.54, 1.807) is 12.1 Å². The first-order chi connectivity index (χ1) is 9.29. The van der Waals surface area contributed by atoms with Crippen LogP contribution < -0.4 is 0 Å². The van der Waals surface area contributed by atoms with Crippen molar-refractivity contribution >= 4 is 5.97 Å². The normalized spacial score (nSPS) is 19.1. The van der Waals surface area contributed by atoms with Crippen LogP contribution in [0.25, 0.3) is 0 Å². The number of hydrogen-bond donors (Lipinski definition) is 0. The second-order valence-electron chi connectivity index (χ2n) is 4.69. The third kappa shape index (κ3) is 4.33. The van der Waals surface area contributed by atoms with Crippen molar-refractivity contribution in [2.75, 3.05) is 20.3 Å². The first-order valence-corrected chi connectivity index (χ1v) is 6.66. The molecule has 1 atom stereocenters. The highest BCUT2D eigenvalue weighted by Crippen LogP contribution is 2.14. The molecule has 1 unspecified atom stereocenters. The van der Waals surface area contributed by atoms with Gasteiger partial charge in [-0.1, -0.05) is 12.1 Å². The SMILES string of the molecule is COC(=O)c1ccc(COCC2CCCCO2)cc1. The van der Waals surface area contributed by atoms with Crippen molar-refractivity contribution in [3.63, 3.8) is 0 Å². The molecule has 0 aromatic heterocycles. The van der Waals surface area contributed by atoms with Crippen LogP contribution in [0.3, 0.4) is 0 Å². The molecule has 1 aromatic carbocycles. The molecule has 1 aliphatic heterocycles. The molecule has 0 radical (unpaired) electrons. The van der Waals surface area contributed by atoms with Gasteiger partial charge < -0.3 is 14.2 Å². The van der Waals surface area contributed by atoms with Gasteiger partial charge in [0.25, 0.3) is 0 Å². The number of carbonyl (C=O) groups is 1. The molecule has 1 aliphatic rings. The second-order valence-corrected chi connectivity index (χ2v) is 4.69. The van der Waals surface area contributed by atoms with Crippen molar-refractivity contribution in [1.29, 1.82) is 0 Å². The molecule has 0 spiro atoms. The number of carbonyl (C=O) groups excluding carboxylic acids is 1. The summed E-state index contributed by atoms with van der Waals surface area (Å²) in [6.07, 6.45) is 3.71. The van der Waals surface area contributed by atoms with Gasteiger partial charge in [0.05, 0.1) is 32.0 Å². The zero-order valence-electron chi connectivity index (χ0n) is 11.3. The van der Waals surface area contributed by atoms with E-state index < -0.39 is 0 Å². The molecular weight excluding hydrogens is 244 g/mol. The molecule has 1 fully saturated rings. The van der Waals surface area contributed by atoms with Crippen LogP contribution in [0.15, 0.2) is 24.3 Å². The largest absolute Gasteiger partial charge is 0.465 e. The molecule has 0 N–H and O–H groups in total. The topological polar surface area (TPSA) is 44.8 Å². The molecule has 19 heavy (non-hydrogen) atoms. The van der Waals surface area contributed by atoms with E-state index in [1.165, 1.54) is 13.5 Å². The monoisotopic (exact) mass is 264 g/mol. The van der Waals surface area contributed by atoms with Crippen molar-refractivity contribution < 1.29 is 19.0 Å². The van der Waals surface area contributed by atoms with Gasteiger partial charge in [-0.05, 0) is 37.0 Å². The molecular formula is C15H20O4. The van der Waals surface area contributed by atoms with Crippen molar-refractivity contribution in [2.24, 2.45) is 0 Å². The van der Waals surface area contributed by atoms with Crippen molar-refractivity contribution in [1.82, 2.24) is 0 Å². The Bertz CT molecular complexity index is 393. The highest BCUT2D eigenvalue weighted by Gasteiger charge is 2.13. The zero-order chi connectivity index (χ0) is 13.5. The maximum atomic E-state index is 11.3. The van der Waals surface area contributed by atoms with Gasteiger partial charge in [0, 0.05) is 6.61 Å². The van der Waals surface area contributed by atoms with Crippen LogP contribution in [0.5, 0.6) is 0 Å². The van der Waals surface area contributed by atoms with E-state index in [9.17, 15) is 4.79 Å². The number of methoxy groups -OCH3 is 1. The van der Waals surface area contributed by atoms with Crippen LogP contribution in [0.4, 0.5) is 0 Å². The highest BCUT2D eigenvalue weighted by atomic mass is 16.5. The number of esters is 1. The minimum absolute atomic E-state index is 0.239. The van der Waals surface area contributed by atoms with Crippen molar-refractivity contribution in [3.8, 4) is 0 Å². The summed E-state index contributed by atoms with van der Waals surface area (Å²) in [6, 6.07) is 7.27. The Balaban J connectivity index is 1.75. The highest BCUT2D eigenvalue weighted by molar-refractivity contribution is 5.89. The smallest absolute Gasteiger partial charge is 0.337 e. The summed E-state index contributed by atoms with van der Waals surface area (Å²) in [5.41, 5.74) is 1.60. The number of rotatable bonds is 5. The lowest BCUT2D eigenvalue weighted by Gasteiger charge is -2.22. The summed E-state index contributed by atoms with van der Waals surface area (Å²) >= 11 is 0. The van der Waals surface area contributed by atoms with Crippen molar-refractivity contribution in [3.05, 3.63) is 35.4 Å². The first kappa shape index (κ1) is 14.0. The predicted octanol–water partition coefficient (Wildman–Crippen LogP) is 2.56. The van der Waals surface area contributed by atoms with E-state index in [4.69, 9.17) is 9.47 Å². The van der Waals surface area contributed by atoms with Crippen LogP contribution >= 0.6 is 0 Å². The third-order valence-corrected chi connectivity index (χ3v) is 3.22. The molecule has 4 nitrogen and oxygen atoms in total. The van der Waals surface area contributed by atoms with Gasteiger partial charge in [-0.25, -0.2) is 4.79 Å². The van der Waals surface area contributed by atoms with Gasteiger partial charge >= 0.3 is 5.97 Å². The summed E-state index contributed by atoms with van der Waals surface area (Å²) in [4.78, 5) is 11.3. The Labute approximate surface area is 113 Å². The van der Waals surface area contributed by atoms with Gasteiger partial charge in [-0.2, -0.15) is 0 Å². The molecule has 104 valence electrons. The van der Waals surface area contributed by atoms with Gasteiger partial charge in [-0.15, -0.1) is 0 Å². The summed E-state index contributed by atoms with van der Waals surface area (Å²) in [5, 5.41) is 0. The molecule has 0 bridgehead atoms. The van der Waals surface area contributed by atoms with E-state index in [1.807, 2.05) is 12.1 Å². The summed E-state index contributed by atoms with van der Waals surface area (Å²) in [6.45, 7) is 2.03. The second kappa shape index (κ2) is 7.26. The molecule has 4 heteroatoms. The Morgan fingerprint density at radius 3 is 2.74 bits per heavy atom. The first-order valence-electron chi connectivity index (χ1n) is 6.66. The Hall–Kier alpha value is -1.39. The lowest BCUT2D eigenvalue weighted by Crippen LogP contribution is -2.24. The molecule has 0 saturated carbocycles. The zero-order valence-corrected chi connectivity index (χ0v) is 11.3. The van der Waals surface area contributed by atoms with Crippen LogP contribution in [-0.2, 0) is 20.8 Å². The molecule has 1 saturated heterocycles. The fourth-order valence-electron chi connectivity index (χ4n) is 2.10. The molecule has 0 aliphatic carbocycles. The number of hydrogen-bond acceptors (Lipinski definition) is 4. The van der Waals surface area contributed by atoms with Gasteiger partial charge in [-0.3, -0.25) is 0 Å². The van der Waals surface area contributed by atoms with Gasteiger partial charge in [0.2, 0.25) is 0 Å². The minimum atomic E-state index is -0.317. The van der Waals surface area contributed by atoms with E-state index in [0.717, 1.165) is 25.0 Å². The van der Waals surface area contributed by atoms with Crippen LogP contribution in [0.2, 0.25) is 0 Å². The fraction of sp³-hybridized carbons (Fsp3) is 0.533. The lowest BCUT2D eigenvalue weighted by atomic mass is 10.1. The molecule has 2 rings (SSSR count). The Kier molecular flexibility index (Phi) is 5.36. The number of ether oxygens (including phenoxy) is 3. The lowest BCUT2D eigenvalue weighted by molar-refractivity contribution is -0.0447. The average Bonchev–Trinajstić information content (AvgIpc) is 2.48. The van der Waals surface area contributed by atoms with Gasteiger partial charge in [0.15, 0.2) is 0 Å². The third-order valence-electron chi connectivity index (χ3n) is 3.22. The van der Waals surface area contributed by atoms with Crippen LogP contribution in [0, 0.1) is 0 Å². The van der Waals surface area contributed by atoms with Gasteiger partial charge in [0.1, 0.15) is 0 Å². The molecule has 1 heterocycles. The number of benzene rings is 1. The average molecular weight is 264 g/mol. The summed E-state index contributed by atoms with van der Waals surface area (Å²) in [5.74, 6) is -0.317. The van der Waals surface area contributed by atoms with Crippen molar-refractivity contribution in [2.45, 2.75) is 32.0 Å². The fourth-order valence-corrected chi connectivity index (χ4v) is 2.10. The predicted molar refractivity (Wildman–Crippen MR) is 71.0 cm³/mol.